The van der Waals surface area contributed by atoms with E-state index in [1.165, 1.54) is 7.05 Å². The van der Waals surface area contributed by atoms with Gasteiger partial charge in [-0.25, -0.2) is 14.4 Å². The second-order valence-electron chi connectivity index (χ2n) is 19.5. The Hall–Kier alpha value is -6.40. The Morgan fingerprint density at radius 3 is 1.66 bits per heavy atom. The minimum atomic E-state index is -1.22. The number of alkyl carbamates (subject to hydrolysis) is 1. The first-order valence-corrected chi connectivity index (χ1v) is 23.4. The summed E-state index contributed by atoms with van der Waals surface area (Å²) in [6.45, 7) is 13.9. The number of hydrogen-bond donors (Lipinski definition) is 7. The van der Waals surface area contributed by atoms with E-state index in [1.807, 2.05) is 38.1 Å². The van der Waals surface area contributed by atoms with Crippen molar-refractivity contribution in [3.8, 4) is 0 Å². The fourth-order valence-electron chi connectivity index (χ4n) is 7.44. The molecular formula is C49H74N8O11. The van der Waals surface area contributed by atoms with Gasteiger partial charge in [0.2, 0.25) is 23.6 Å². The number of hydrogen-bond acceptors (Lipinski definition) is 10. The maximum absolute atomic E-state index is 14.4. The molecule has 7 N–H and O–H groups in total. The van der Waals surface area contributed by atoms with E-state index in [-0.39, 0.29) is 69.0 Å². The number of unbranched alkanes of at least 4 members (excludes halogenated alkanes) is 1. The molecule has 2 aromatic rings. The summed E-state index contributed by atoms with van der Waals surface area (Å²) in [6, 6.07) is 12.9. The standard InChI is InChI=1S/C49H74N8O11/c1-32(2)28-37(53-42(61)38(29-33-18-12-10-13-19-33)54-43(62)39(30-34-20-14-11-15-21-34)55-46(65)67-48(3,4)5)41(60)52-36(44(63)56-26-23-35(24-27-56)51-45(64)50-9)22-16-17-25-57(31-40(58)59)47(66)68-49(6,7)8/h10-15,18-21,32,35-39H,16-17,22-31H2,1-9H3,(H,52,60)(H,53,61)(H,54,62)(H,55,65)(H,58,59)(H2,50,51,64). The third-order valence-corrected chi connectivity index (χ3v) is 10.7. The van der Waals surface area contributed by atoms with E-state index in [1.54, 1.807) is 82.8 Å². The number of likely N-dealkylation sites (tertiary alicyclic amines) is 1. The zero-order valence-electron chi connectivity index (χ0n) is 41.1. The van der Waals surface area contributed by atoms with Crippen molar-refractivity contribution in [3.63, 3.8) is 0 Å². The molecule has 0 bridgehead atoms. The zero-order chi connectivity index (χ0) is 50.6. The molecule has 0 saturated carbocycles. The van der Waals surface area contributed by atoms with E-state index >= 15 is 0 Å². The molecule has 3 rings (SSSR count). The van der Waals surface area contributed by atoms with E-state index in [9.17, 15) is 43.5 Å². The van der Waals surface area contributed by atoms with Gasteiger partial charge in [0.25, 0.3) is 0 Å². The number of urea groups is 1. The number of carboxylic acid groups (broad SMARTS) is 1. The van der Waals surface area contributed by atoms with Crippen LogP contribution in [0.5, 0.6) is 0 Å². The number of carboxylic acids is 1. The third-order valence-electron chi connectivity index (χ3n) is 10.7. The third kappa shape index (κ3) is 21.1. The monoisotopic (exact) mass is 951 g/mol. The lowest BCUT2D eigenvalue weighted by Gasteiger charge is -2.35. The van der Waals surface area contributed by atoms with Gasteiger partial charge in [-0.1, -0.05) is 74.5 Å². The van der Waals surface area contributed by atoms with Crippen LogP contribution in [0.1, 0.15) is 105 Å². The first-order valence-electron chi connectivity index (χ1n) is 23.4. The number of nitrogens with zero attached hydrogens (tertiary/aromatic N) is 2. The molecule has 376 valence electrons. The molecule has 1 heterocycles. The summed E-state index contributed by atoms with van der Waals surface area (Å²) in [4.78, 5) is 109. The van der Waals surface area contributed by atoms with Crippen molar-refractivity contribution in [2.75, 3.05) is 33.2 Å². The first kappa shape index (κ1) is 55.9. The highest BCUT2D eigenvalue weighted by Gasteiger charge is 2.35. The molecule has 0 aromatic heterocycles. The number of nitrogens with one attached hydrogen (secondary N) is 6. The Morgan fingerprint density at radius 2 is 1.18 bits per heavy atom. The first-order chi connectivity index (χ1) is 31.9. The molecule has 4 unspecified atom stereocenters. The minimum absolute atomic E-state index is 0.00663. The molecule has 0 radical (unpaired) electrons. The summed E-state index contributed by atoms with van der Waals surface area (Å²) in [5, 5.41) is 26.1. The van der Waals surface area contributed by atoms with E-state index < -0.39 is 77.8 Å². The van der Waals surface area contributed by atoms with Crippen LogP contribution in [-0.4, -0.2) is 137 Å². The van der Waals surface area contributed by atoms with Crippen LogP contribution in [0.25, 0.3) is 0 Å². The number of carbonyl (C=O) groups excluding carboxylic acids is 7. The van der Waals surface area contributed by atoms with Gasteiger partial charge >= 0.3 is 24.2 Å². The minimum Gasteiger partial charge on any atom is -0.480 e. The van der Waals surface area contributed by atoms with Crippen LogP contribution < -0.4 is 31.9 Å². The Morgan fingerprint density at radius 1 is 0.691 bits per heavy atom. The molecule has 2 aromatic carbocycles. The van der Waals surface area contributed by atoms with Crippen LogP contribution in [0.15, 0.2) is 60.7 Å². The maximum atomic E-state index is 14.4. The Bertz CT molecular complexity index is 1980. The smallest absolute Gasteiger partial charge is 0.410 e. The molecule has 0 spiro atoms. The average Bonchev–Trinajstić information content (AvgIpc) is 3.25. The second-order valence-corrected chi connectivity index (χ2v) is 19.5. The van der Waals surface area contributed by atoms with Gasteiger partial charge in [-0.05, 0) is 97.1 Å². The molecule has 19 heteroatoms. The summed E-state index contributed by atoms with van der Waals surface area (Å²) < 4.78 is 10.9. The second kappa shape index (κ2) is 26.8. The number of rotatable bonds is 22. The van der Waals surface area contributed by atoms with Crippen molar-refractivity contribution >= 4 is 47.8 Å². The van der Waals surface area contributed by atoms with E-state index in [0.29, 0.717) is 31.5 Å². The lowest BCUT2D eigenvalue weighted by Crippen LogP contribution is -2.59. The molecule has 19 nitrogen and oxygen atoms in total. The Labute approximate surface area is 400 Å². The topological polar surface area (TPSA) is 254 Å². The van der Waals surface area contributed by atoms with Crippen molar-refractivity contribution < 1.29 is 52.9 Å². The molecular weight excluding hydrogens is 877 g/mol. The number of carbonyl (C=O) groups is 8. The molecule has 1 saturated heterocycles. The fourth-order valence-corrected chi connectivity index (χ4v) is 7.44. The van der Waals surface area contributed by atoms with Crippen molar-refractivity contribution in [1.82, 2.24) is 41.7 Å². The van der Waals surface area contributed by atoms with Gasteiger partial charge in [-0.2, -0.15) is 0 Å². The van der Waals surface area contributed by atoms with Gasteiger partial charge in [-0.15, -0.1) is 0 Å². The summed E-state index contributed by atoms with van der Waals surface area (Å²) in [5.74, 6) is -3.69. The summed E-state index contributed by atoms with van der Waals surface area (Å²) in [5.41, 5.74) is -0.254. The SMILES string of the molecule is CNC(=O)NC1CCN(C(=O)C(CCCCN(CC(=O)O)C(=O)OC(C)(C)C)NC(=O)C(CC(C)C)NC(=O)C(Cc2ccccc2)NC(=O)C(Cc2ccccc2)NC(=O)OC(C)(C)C)CC1. The highest BCUT2D eigenvalue weighted by Crippen LogP contribution is 2.17. The van der Waals surface area contributed by atoms with Gasteiger partial charge < -0.3 is 51.4 Å². The van der Waals surface area contributed by atoms with Gasteiger partial charge in [0.15, 0.2) is 0 Å². The Balaban J connectivity index is 1.89. The molecule has 4 atom stereocenters. The Kier molecular flexibility index (Phi) is 22.1. The number of aliphatic carboxylic acids is 1. The zero-order valence-corrected chi connectivity index (χ0v) is 41.1. The van der Waals surface area contributed by atoms with Gasteiger partial charge in [-0.3, -0.25) is 28.9 Å². The highest BCUT2D eigenvalue weighted by molar-refractivity contribution is 5.95. The largest absolute Gasteiger partial charge is 0.480 e. The summed E-state index contributed by atoms with van der Waals surface area (Å²) in [6.07, 6.45) is 0.280. The lowest BCUT2D eigenvalue weighted by molar-refractivity contribution is -0.139. The van der Waals surface area contributed by atoms with Crippen molar-refractivity contribution in [1.29, 1.82) is 0 Å². The van der Waals surface area contributed by atoms with Crippen LogP contribution in [0.2, 0.25) is 0 Å². The van der Waals surface area contributed by atoms with Crippen LogP contribution in [0.4, 0.5) is 14.4 Å². The predicted octanol–water partition coefficient (Wildman–Crippen LogP) is 4.28. The average molecular weight is 951 g/mol. The van der Waals surface area contributed by atoms with Crippen molar-refractivity contribution in [2.24, 2.45) is 5.92 Å². The summed E-state index contributed by atoms with van der Waals surface area (Å²) >= 11 is 0. The molecule has 1 fully saturated rings. The quantitative estimate of drug-likeness (QED) is 0.0821. The number of amides is 8. The van der Waals surface area contributed by atoms with E-state index in [2.05, 4.69) is 31.9 Å². The van der Waals surface area contributed by atoms with E-state index in [4.69, 9.17) is 9.47 Å². The van der Waals surface area contributed by atoms with Crippen molar-refractivity contribution in [2.45, 2.75) is 148 Å². The van der Waals surface area contributed by atoms with Gasteiger partial charge in [0, 0.05) is 45.6 Å². The van der Waals surface area contributed by atoms with Crippen LogP contribution in [-0.2, 0) is 46.3 Å². The molecule has 1 aliphatic heterocycles. The molecule has 0 aliphatic carbocycles. The molecule has 1 aliphatic rings. The van der Waals surface area contributed by atoms with E-state index in [0.717, 1.165) is 10.5 Å². The van der Waals surface area contributed by atoms with Crippen LogP contribution in [0.3, 0.4) is 0 Å². The highest BCUT2D eigenvalue weighted by atomic mass is 16.6. The van der Waals surface area contributed by atoms with Gasteiger partial charge in [0.1, 0.15) is 41.9 Å². The van der Waals surface area contributed by atoms with Crippen LogP contribution in [0, 0.1) is 5.92 Å². The molecule has 8 amide bonds. The van der Waals surface area contributed by atoms with Crippen molar-refractivity contribution in [3.05, 3.63) is 71.8 Å². The lowest BCUT2D eigenvalue weighted by atomic mass is 9.99. The summed E-state index contributed by atoms with van der Waals surface area (Å²) in [7, 11) is 1.51. The molecule has 68 heavy (non-hydrogen) atoms. The number of ether oxygens (including phenoxy) is 2. The fraction of sp³-hybridized carbons (Fsp3) is 0.592. The normalized spacial score (nSPS) is 14.8. The van der Waals surface area contributed by atoms with Gasteiger partial charge in [0.05, 0.1) is 0 Å². The number of piperidine rings is 1. The predicted molar refractivity (Wildman–Crippen MR) is 255 cm³/mol. The maximum Gasteiger partial charge on any atom is 0.410 e. The van der Waals surface area contributed by atoms with Crippen LogP contribution >= 0.6 is 0 Å². The number of benzene rings is 2.